The van der Waals surface area contributed by atoms with Crippen LogP contribution in [-0.4, -0.2) is 36.5 Å². The van der Waals surface area contributed by atoms with Crippen LogP contribution in [-0.2, 0) is 0 Å². The van der Waals surface area contributed by atoms with E-state index in [1.807, 2.05) is 13.8 Å². The second kappa shape index (κ2) is 7.03. The zero-order valence-corrected chi connectivity index (χ0v) is 13.2. The minimum absolute atomic E-state index is 0.0688. The molecule has 3 nitrogen and oxygen atoms in total. The highest BCUT2D eigenvalue weighted by Crippen LogP contribution is 2.19. The number of carbonyl (C=O) groups is 1. The summed E-state index contributed by atoms with van der Waals surface area (Å²) in [4.78, 5) is 14.5. The minimum atomic E-state index is -0.394. The van der Waals surface area contributed by atoms with Gasteiger partial charge in [0.25, 0.3) is 5.91 Å². The molecule has 1 aromatic carbocycles. The van der Waals surface area contributed by atoms with Crippen molar-refractivity contribution < 1.29 is 9.18 Å². The Balaban J connectivity index is 2.17. The van der Waals surface area contributed by atoms with Crippen molar-refractivity contribution in [1.82, 2.24) is 10.2 Å². The molecule has 0 radical (unpaired) electrons. The van der Waals surface area contributed by atoms with E-state index in [0.717, 1.165) is 25.9 Å². The highest BCUT2D eigenvalue weighted by atomic mass is 19.1. The minimum Gasteiger partial charge on any atom is -0.336 e. The lowest BCUT2D eigenvalue weighted by Crippen LogP contribution is -2.44. The molecule has 1 aliphatic rings. The van der Waals surface area contributed by atoms with E-state index < -0.39 is 5.82 Å². The monoisotopic (exact) mass is 292 g/mol. The zero-order chi connectivity index (χ0) is 15.4. The first-order chi connectivity index (χ1) is 10.0. The summed E-state index contributed by atoms with van der Waals surface area (Å²) in [5, 5.41) is 3.37. The molecule has 21 heavy (non-hydrogen) atoms. The van der Waals surface area contributed by atoms with Gasteiger partial charge >= 0.3 is 0 Å². The largest absolute Gasteiger partial charge is 0.336 e. The first kappa shape index (κ1) is 16.0. The van der Waals surface area contributed by atoms with Crippen LogP contribution >= 0.6 is 0 Å². The maximum Gasteiger partial charge on any atom is 0.257 e. The molecule has 1 saturated heterocycles. The third kappa shape index (κ3) is 3.82. The Hall–Kier alpha value is -1.42. The van der Waals surface area contributed by atoms with Gasteiger partial charge in [-0.3, -0.25) is 4.79 Å². The number of hydrogen-bond acceptors (Lipinski definition) is 2. The Labute approximate surface area is 126 Å². The Bertz CT molecular complexity index is 496. The van der Waals surface area contributed by atoms with E-state index in [1.165, 1.54) is 0 Å². The van der Waals surface area contributed by atoms with Crippen LogP contribution in [0.15, 0.2) is 18.2 Å². The number of benzene rings is 1. The molecule has 1 N–H and O–H groups in total. The molecule has 1 aromatic rings. The fraction of sp³-hybridized carbons (Fsp3) is 0.588. The molecule has 0 saturated carbocycles. The quantitative estimate of drug-likeness (QED) is 0.925. The molecule has 1 unspecified atom stereocenters. The van der Waals surface area contributed by atoms with E-state index in [2.05, 4.69) is 5.32 Å². The number of carbonyl (C=O) groups excluding carboxylic acids is 1. The van der Waals surface area contributed by atoms with Crippen molar-refractivity contribution in [3.8, 4) is 0 Å². The average molecular weight is 292 g/mol. The number of rotatable bonds is 4. The van der Waals surface area contributed by atoms with Gasteiger partial charge in [0.15, 0.2) is 0 Å². The van der Waals surface area contributed by atoms with Crippen molar-refractivity contribution in [1.29, 1.82) is 0 Å². The first-order valence-corrected chi connectivity index (χ1v) is 7.77. The first-order valence-electron chi connectivity index (χ1n) is 7.77. The Morgan fingerprint density at radius 3 is 2.86 bits per heavy atom. The van der Waals surface area contributed by atoms with Gasteiger partial charge in [-0.2, -0.15) is 0 Å². The summed E-state index contributed by atoms with van der Waals surface area (Å²) >= 11 is 0. The SMILES string of the molecule is Cc1cccc(C(=O)N(CC2CCCNC2)C(C)C)c1F. The maximum atomic E-state index is 14.2. The molecular weight excluding hydrogens is 267 g/mol. The molecule has 1 fully saturated rings. The predicted octanol–water partition coefficient (Wildman–Crippen LogP) is 2.98. The van der Waals surface area contributed by atoms with Gasteiger partial charge in [-0.05, 0) is 64.3 Å². The maximum absolute atomic E-state index is 14.2. The third-order valence-electron chi connectivity index (χ3n) is 4.16. The number of amides is 1. The van der Waals surface area contributed by atoms with Gasteiger partial charge in [0.05, 0.1) is 5.56 Å². The number of nitrogens with zero attached hydrogens (tertiary/aromatic N) is 1. The van der Waals surface area contributed by atoms with Crippen molar-refractivity contribution in [3.05, 3.63) is 35.1 Å². The smallest absolute Gasteiger partial charge is 0.257 e. The van der Waals surface area contributed by atoms with Crippen molar-refractivity contribution in [2.45, 2.75) is 39.7 Å². The lowest BCUT2D eigenvalue weighted by Gasteiger charge is -2.33. The Morgan fingerprint density at radius 2 is 2.24 bits per heavy atom. The average Bonchev–Trinajstić information content (AvgIpc) is 2.48. The normalized spacial score (nSPS) is 18.8. The van der Waals surface area contributed by atoms with Crippen molar-refractivity contribution in [2.24, 2.45) is 5.92 Å². The number of halogens is 1. The molecule has 0 spiro atoms. The van der Waals surface area contributed by atoms with E-state index in [0.29, 0.717) is 18.0 Å². The second-order valence-corrected chi connectivity index (χ2v) is 6.20. The van der Waals surface area contributed by atoms with Gasteiger partial charge in [-0.15, -0.1) is 0 Å². The number of hydrogen-bond donors (Lipinski definition) is 1. The summed E-state index contributed by atoms with van der Waals surface area (Å²) < 4.78 is 14.2. The predicted molar refractivity (Wildman–Crippen MR) is 82.9 cm³/mol. The summed E-state index contributed by atoms with van der Waals surface area (Å²) in [5.41, 5.74) is 0.705. The van der Waals surface area contributed by atoms with Crippen LogP contribution in [0.3, 0.4) is 0 Å². The molecule has 116 valence electrons. The van der Waals surface area contributed by atoms with Crippen LogP contribution in [0.5, 0.6) is 0 Å². The lowest BCUT2D eigenvalue weighted by atomic mass is 9.98. The molecule has 0 bridgehead atoms. The lowest BCUT2D eigenvalue weighted by molar-refractivity contribution is 0.0656. The van der Waals surface area contributed by atoms with Gasteiger partial charge in [0.1, 0.15) is 5.82 Å². The third-order valence-corrected chi connectivity index (χ3v) is 4.16. The fourth-order valence-corrected chi connectivity index (χ4v) is 2.85. The Morgan fingerprint density at radius 1 is 1.48 bits per heavy atom. The van der Waals surface area contributed by atoms with E-state index in [1.54, 1.807) is 30.0 Å². The molecular formula is C17H25FN2O. The summed E-state index contributed by atoms with van der Waals surface area (Å²) in [5.74, 6) is -0.135. The summed E-state index contributed by atoms with van der Waals surface area (Å²) in [6, 6.07) is 5.09. The standard InChI is InChI=1S/C17H25FN2O/c1-12(2)20(11-14-7-5-9-19-10-14)17(21)15-8-4-6-13(3)16(15)18/h4,6,8,12,14,19H,5,7,9-11H2,1-3H3. The highest BCUT2D eigenvalue weighted by molar-refractivity contribution is 5.94. The van der Waals surface area contributed by atoms with Crippen LogP contribution in [0.25, 0.3) is 0 Å². The zero-order valence-electron chi connectivity index (χ0n) is 13.2. The topological polar surface area (TPSA) is 32.3 Å². The molecule has 1 atom stereocenters. The fourth-order valence-electron chi connectivity index (χ4n) is 2.85. The number of piperidine rings is 1. The summed E-state index contributed by atoms with van der Waals surface area (Å²) in [7, 11) is 0. The van der Waals surface area contributed by atoms with Crippen LogP contribution in [0.1, 0.15) is 42.6 Å². The molecule has 1 aliphatic heterocycles. The molecule has 1 amide bonds. The van der Waals surface area contributed by atoms with Gasteiger partial charge in [0.2, 0.25) is 0 Å². The number of nitrogens with one attached hydrogen (secondary N) is 1. The van der Waals surface area contributed by atoms with Gasteiger partial charge in [0, 0.05) is 12.6 Å². The molecule has 0 aromatic heterocycles. The van der Waals surface area contributed by atoms with Crippen molar-refractivity contribution >= 4 is 5.91 Å². The van der Waals surface area contributed by atoms with Gasteiger partial charge in [-0.25, -0.2) is 4.39 Å². The van der Waals surface area contributed by atoms with E-state index in [4.69, 9.17) is 0 Å². The van der Waals surface area contributed by atoms with Crippen LogP contribution in [0, 0.1) is 18.7 Å². The summed E-state index contributed by atoms with van der Waals surface area (Å²) in [6.45, 7) is 8.35. The molecule has 2 rings (SSSR count). The molecule has 4 heteroatoms. The second-order valence-electron chi connectivity index (χ2n) is 6.20. The van der Waals surface area contributed by atoms with E-state index in [9.17, 15) is 9.18 Å². The van der Waals surface area contributed by atoms with Crippen molar-refractivity contribution in [2.75, 3.05) is 19.6 Å². The van der Waals surface area contributed by atoms with E-state index in [-0.39, 0.29) is 17.5 Å². The Kier molecular flexibility index (Phi) is 5.34. The highest BCUT2D eigenvalue weighted by Gasteiger charge is 2.25. The molecule has 1 heterocycles. The van der Waals surface area contributed by atoms with Crippen LogP contribution in [0.2, 0.25) is 0 Å². The molecule has 0 aliphatic carbocycles. The van der Waals surface area contributed by atoms with Crippen LogP contribution in [0.4, 0.5) is 4.39 Å². The van der Waals surface area contributed by atoms with E-state index >= 15 is 0 Å². The van der Waals surface area contributed by atoms with Gasteiger partial charge in [-0.1, -0.05) is 12.1 Å². The van der Waals surface area contributed by atoms with Crippen LogP contribution < -0.4 is 5.32 Å². The van der Waals surface area contributed by atoms with Crippen molar-refractivity contribution in [3.63, 3.8) is 0 Å². The number of aryl methyl sites for hydroxylation is 1. The summed E-state index contributed by atoms with van der Waals surface area (Å²) in [6.07, 6.45) is 2.27. The van der Waals surface area contributed by atoms with Gasteiger partial charge < -0.3 is 10.2 Å².